The number of thiophene rings is 1. The maximum absolute atomic E-state index is 5.47. The van der Waals surface area contributed by atoms with Gasteiger partial charge in [0, 0.05) is 47.6 Å². The molecule has 1 atom stereocenters. The molecule has 4 nitrogen and oxygen atoms in total. The van der Waals surface area contributed by atoms with E-state index in [1.54, 1.807) is 0 Å². The van der Waals surface area contributed by atoms with E-state index in [2.05, 4.69) is 265 Å². The predicted molar refractivity (Wildman–Crippen MR) is 305 cm³/mol. The smallest absolute Gasteiger partial charge is 0.159 e. The number of nitrogens with zero attached hydrogens (tertiary/aromatic N) is 3. The van der Waals surface area contributed by atoms with Crippen LogP contribution in [0.25, 0.3) is 103 Å². The lowest BCUT2D eigenvalue weighted by Crippen LogP contribution is -2.33. The van der Waals surface area contributed by atoms with Crippen molar-refractivity contribution in [3.05, 3.63) is 271 Å². The maximum atomic E-state index is 5.47. The first kappa shape index (κ1) is 41.8. The number of hydrogen-bond donors (Lipinski definition) is 1. The third-order valence-corrected chi connectivity index (χ3v) is 15.4. The lowest BCUT2D eigenvalue weighted by atomic mass is 9.97. The van der Waals surface area contributed by atoms with E-state index in [0.717, 1.165) is 61.5 Å². The third-order valence-electron chi connectivity index (χ3n) is 14.3. The summed E-state index contributed by atoms with van der Waals surface area (Å²) in [7, 11) is 0. The van der Waals surface area contributed by atoms with Crippen molar-refractivity contribution in [2.75, 3.05) is 0 Å². The summed E-state index contributed by atoms with van der Waals surface area (Å²) in [5.41, 5.74) is 15.7. The molecule has 13 aromatic rings. The molecular weight excluding hydrogens is 893 g/mol. The molecule has 11 aromatic carbocycles. The van der Waals surface area contributed by atoms with Crippen molar-refractivity contribution >= 4 is 75.8 Å². The second kappa shape index (κ2) is 17.4. The zero-order valence-electron chi connectivity index (χ0n) is 39.1. The third kappa shape index (κ3) is 7.29. The summed E-state index contributed by atoms with van der Waals surface area (Å²) >= 11 is 1.85. The second-order valence-electron chi connectivity index (χ2n) is 18.6. The van der Waals surface area contributed by atoms with E-state index < -0.39 is 6.17 Å². The Balaban J connectivity index is 0.978. The average molecular weight is 937 g/mol. The molecule has 3 heterocycles. The van der Waals surface area contributed by atoms with Gasteiger partial charge in [-0.1, -0.05) is 206 Å². The van der Waals surface area contributed by atoms with E-state index in [4.69, 9.17) is 9.98 Å². The first-order valence-corrected chi connectivity index (χ1v) is 25.3. The van der Waals surface area contributed by atoms with Gasteiger partial charge in [0.2, 0.25) is 0 Å². The molecule has 0 fully saturated rings. The van der Waals surface area contributed by atoms with Crippen molar-refractivity contribution in [1.29, 1.82) is 0 Å². The van der Waals surface area contributed by atoms with Crippen LogP contribution in [-0.2, 0) is 0 Å². The minimum Gasteiger partial charge on any atom is -0.344 e. The number of aliphatic imine (C=N–C) groups is 2. The zero-order valence-corrected chi connectivity index (χ0v) is 39.9. The van der Waals surface area contributed by atoms with Gasteiger partial charge in [-0.2, -0.15) is 0 Å². The molecule has 1 N–H and O–H groups in total. The summed E-state index contributed by atoms with van der Waals surface area (Å²) in [6.07, 6.45) is -0.444. The summed E-state index contributed by atoms with van der Waals surface area (Å²) in [4.78, 5) is 10.7. The van der Waals surface area contributed by atoms with E-state index in [1.165, 1.54) is 64.0 Å². The van der Waals surface area contributed by atoms with Crippen molar-refractivity contribution in [3.8, 4) is 50.2 Å². The fourth-order valence-electron chi connectivity index (χ4n) is 10.7. The monoisotopic (exact) mass is 936 g/mol. The highest BCUT2D eigenvalue weighted by Crippen LogP contribution is 2.44. The minimum absolute atomic E-state index is 0.444. The van der Waals surface area contributed by atoms with Crippen LogP contribution in [-0.4, -0.2) is 16.2 Å². The molecule has 0 bridgehead atoms. The molecule has 5 heteroatoms. The first-order chi connectivity index (χ1) is 35.7. The van der Waals surface area contributed by atoms with Crippen molar-refractivity contribution in [2.24, 2.45) is 9.98 Å². The van der Waals surface area contributed by atoms with Crippen LogP contribution in [0.2, 0.25) is 0 Å². The summed E-state index contributed by atoms with van der Waals surface area (Å²) in [6.45, 7) is 0. The number of aromatic nitrogens is 1. The van der Waals surface area contributed by atoms with Crippen LogP contribution >= 0.6 is 11.3 Å². The van der Waals surface area contributed by atoms with Crippen LogP contribution in [0.1, 0.15) is 22.9 Å². The Morgan fingerprint density at radius 2 is 0.958 bits per heavy atom. The Labute approximate surface area is 421 Å². The van der Waals surface area contributed by atoms with Crippen molar-refractivity contribution in [2.45, 2.75) is 6.17 Å². The van der Waals surface area contributed by atoms with Crippen molar-refractivity contribution < 1.29 is 0 Å². The summed E-state index contributed by atoms with van der Waals surface area (Å²) in [5.74, 6) is 1.45. The van der Waals surface area contributed by atoms with E-state index in [-0.39, 0.29) is 0 Å². The molecule has 0 saturated carbocycles. The molecule has 2 aromatic heterocycles. The molecule has 0 saturated heterocycles. The van der Waals surface area contributed by atoms with Gasteiger partial charge in [0.25, 0.3) is 0 Å². The zero-order chi connectivity index (χ0) is 47.5. The molecule has 0 amide bonds. The van der Waals surface area contributed by atoms with Crippen LogP contribution in [0, 0.1) is 0 Å². The van der Waals surface area contributed by atoms with Gasteiger partial charge in [-0.3, -0.25) is 0 Å². The molecule has 72 heavy (non-hydrogen) atoms. The fraction of sp³-hybridized carbons (Fsp3) is 0.0149. The predicted octanol–water partition coefficient (Wildman–Crippen LogP) is 17.5. The van der Waals surface area contributed by atoms with Crippen molar-refractivity contribution in [3.63, 3.8) is 0 Å². The number of nitrogens with one attached hydrogen (secondary N) is 1. The van der Waals surface area contributed by atoms with Gasteiger partial charge in [-0.25, -0.2) is 9.98 Å². The van der Waals surface area contributed by atoms with Gasteiger partial charge < -0.3 is 9.88 Å². The van der Waals surface area contributed by atoms with E-state index in [1.807, 2.05) is 11.3 Å². The number of benzene rings is 11. The Morgan fingerprint density at radius 3 is 1.68 bits per heavy atom. The average Bonchev–Trinajstić information content (AvgIpc) is 4.00. The Bertz CT molecular complexity index is 4260. The summed E-state index contributed by atoms with van der Waals surface area (Å²) in [5, 5.41) is 11.2. The molecule has 0 spiro atoms. The van der Waals surface area contributed by atoms with Crippen LogP contribution in [0.3, 0.4) is 0 Å². The molecule has 0 radical (unpaired) electrons. The molecular formula is C67H44N4S. The second-order valence-corrected chi connectivity index (χ2v) is 19.6. The standard InChI is InChI=1S/C67H44N4S/c1-4-15-43(16-5-1)45-27-31-48(32-28-45)65-68-66(49-33-29-46(30-34-49)44-17-6-2-7-18-44)70-67(69-65)53-35-37-59(56(41-53)52-36-38-63-57(40-52)55-23-12-13-26-62(55)72-63)71-60-25-14-24-54(47-19-8-3-9-20-47)64(60)58-39-50-21-10-11-22-51(50)42-61(58)71/h1-42,67H,(H,68,69,70). The van der Waals surface area contributed by atoms with Gasteiger partial charge in [0.05, 0.1) is 16.7 Å². The van der Waals surface area contributed by atoms with Crippen LogP contribution < -0.4 is 5.32 Å². The van der Waals surface area contributed by atoms with Gasteiger partial charge in [0.15, 0.2) is 5.84 Å². The number of hydrogen-bond acceptors (Lipinski definition) is 4. The largest absolute Gasteiger partial charge is 0.344 e. The van der Waals surface area contributed by atoms with Crippen molar-refractivity contribution in [1.82, 2.24) is 9.88 Å². The van der Waals surface area contributed by atoms with Crippen LogP contribution in [0.15, 0.2) is 265 Å². The van der Waals surface area contributed by atoms with Gasteiger partial charge in [-0.05, 0) is 104 Å². The lowest BCUT2D eigenvalue weighted by molar-refractivity contribution is 0.674. The molecule has 14 rings (SSSR count). The lowest BCUT2D eigenvalue weighted by Gasteiger charge is -2.25. The highest BCUT2D eigenvalue weighted by atomic mass is 32.1. The molecule has 0 aliphatic carbocycles. The molecule has 338 valence electrons. The number of fused-ring (bicyclic) bond motifs is 7. The van der Waals surface area contributed by atoms with Gasteiger partial charge in [-0.15, -0.1) is 11.3 Å². The Kier molecular flexibility index (Phi) is 10.1. The fourth-order valence-corrected chi connectivity index (χ4v) is 11.8. The summed E-state index contributed by atoms with van der Waals surface area (Å²) in [6, 6.07) is 92.1. The summed E-state index contributed by atoms with van der Waals surface area (Å²) < 4.78 is 5.06. The van der Waals surface area contributed by atoms with Crippen LogP contribution in [0.5, 0.6) is 0 Å². The highest BCUT2D eigenvalue weighted by Gasteiger charge is 2.25. The van der Waals surface area contributed by atoms with Crippen LogP contribution in [0.4, 0.5) is 0 Å². The Morgan fingerprint density at radius 1 is 0.375 bits per heavy atom. The topological polar surface area (TPSA) is 41.7 Å². The Hall–Kier alpha value is -9.16. The minimum atomic E-state index is -0.444. The SMILES string of the molecule is c1ccc(-c2ccc(C3=NC(c4ccc(-n5c6cc7ccccc7cc6c6c(-c7ccccc7)cccc65)c(-c5ccc6sc7ccccc7c6c5)c4)NC(c4ccc(-c5ccccc5)cc4)=N3)cc2)cc1. The maximum Gasteiger partial charge on any atom is 0.159 e. The van der Waals surface area contributed by atoms with E-state index in [0.29, 0.717) is 5.84 Å². The number of amidine groups is 2. The molecule has 1 aliphatic rings. The quantitative estimate of drug-likeness (QED) is 0.162. The van der Waals surface area contributed by atoms with E-state index in [9.17, 15) is 0 Å². The number of rotatable bonds is 8. The van der Waals surface area contributed by atoms with E-state index >= 15 is 0 Å². The molecule has 1 aliphatic heterocycles. The highest BCUT2D eigenvalue weighted by molar-refractivity contribution is 7.25. The van der Waals surface area contributed by atoms with Gasteiger partial charge >= 0.3 is 0 Å². The van der Waals surface area contributed by atoms with Gasteiger partial charge in [0.1, 0.15) is 12.0 Å². The normalized spacial score (nSPS) is 13.7. The first-order valence-electron chi connectivity index (χ1n) is 24.5. The molecule has 1 unspecified atom stereocenters.